The van der Waals surface area contributed by atoms with E-state index in [0.29, 0.717) is 6.42 Å². The minimum absolute atomic E-state index is 0.0878. The molecule has 0 rings (SSSR count). The molecule has 0 aliphatic carbocycles. The van der Waals surface area contributed by atoms with Crippen LogP contribution >= 0.6 is 27.7 Å². The van der Waals surface area contributed by atoms with Crippen LogP contribution in [0, 0.1) is 0 Å². The Morgan fingerprint density at radius 1 is 1.54 bits per heavy atom. The predicted molar refractivity (Wildman–Crippen MR) is 63.6 cm³/mol. The SMILES string of the molecule is CSCCC(=O)N(C)C(C)(C)CBr. The number of carbonyl (C=O) groups excluding carboxylic acids is 1. The fourth-order valence-corrected chi connectivity index (χ4v) is 1.54. The summed E-state index contributed by atoms with van der Waals surface area (Å²) in [6.07, 6.45) is 2.65. The lowest BCUT2D eigenvalue weighted by Gasteiger charge is -2.34. The maximum Gasteiger partial charge on any atom is 0.223 e. The van der Waals surface area contributed by atoms with E-state index in [1.807, 2.05) is 18.2 Å². The highest BCUT2D eigenvalue weighted by Crippen LogP contribution is 2.16. The van der Waals surface area contributed by atoms with Crippen LogP contribution in [-0.2, 0) is 4.79 Å². The third-order valence-electron chi connectivity index (χ3n) is 2.13. The lowest BCUT2D eigenvalue weighted by atomic mass is 10.1. The van der Waals surface area contributed by atoms with Crippen molar-refractivity contribution in [3.05, 3.63) is 0 Å². The maximum atomic E-state index is 11.6. The monoisotopic (exact) mass is 267 g/mol. The molecule has 0 N–H and O–H groups in total. The number of thioether (sulfide) groups is 1. The van der Waals surface area contributed by atoms with Crippen LogP contribution in [0.1, 0.15) is 20.3 Å². The van der Waals surface area contributed by atoms with Crippen LogP contribution in [0.15, 0.2) is 0 Å². The molecule has 0 heterocycles. The fraction of sp³-hybridized carbons (Fsp3) is 0.889. The molecule has 78 valence electrons. The smallest absolute Gasteiger partial charge is 0.223 e. The van der Waals surface area contributed by atoms with Crippen molar-refractivity contribution < 1.29 is 4.79 Å². The minimum atomic E-state index is -0.0878. The molecule has 1 amide bonds. The van der Waals surface area contributed by atoms with Crippen molar-refractivity contribution in [2.45, 2.75) is 25.8 Å². The van der Waals surface area contributed by atoms with Crippen LogP contribution in [0.4, 0.5) is 0 Å². The number of amides is 1. The van der Waals surface area contributed by atoms with Crippen molar-refractivity contribution in [3.8, 4) is 0 Å². The summed E-state index contributed by atoms with van der Waals surface area (Å²) in [6.45, 7) is 4.11. The molecule has 13 heavy (non-hydrogen) atoms. The van der Waals surface area contributed by atoms with Gasteiger partial charge in [0.25, 0.3) is 0 Å². The zero-order valence-corrected chi connectivity index (χ0v) is 11.2. The summed E-state index contributed by atoms with van der Waals surface area (Å²) in [5, 5.41) is 0.807. The first kappa shape index (κ1) is 13.3. The van der Waals surface area contributed by atoms with Crippen molar-refractivity contribution in [3.63, 3.8) is 0 Å². The van der Waals surface area contributed by atoms with Crippen molar-refractivity contribution in [1.82, 2.24) is 4.90 Å². The Morgan fingerprint density at radius 3 is 2.46 bits per heavy atom. The molecule has 0 unspecified atom stereocenters. The van der Waals surface area contributed by atoms with Gasteiger partial charge in [-0.3, -0.25) is 4.79 Å². The predicted octanol–water partition coefficient (Wildman–Crippen LogP) is 2.37. The molecule has 2 nitrogen and oxygen atoms in total. The second-order valence-electron chi connectivity index (χ2n) is 3.64. The molecule has 0 aromatic carbocycles. The second-order valence-corrected chi connectivity index (χ2v) is 5.19. The van der Waals surface area contributed by atoms with Gasteiger partial charge in [-0.25, -0.2) is 0 Å². The zero-order chi connectivity index (χ0) is 10.5. The van der Waals surface area contributed by atoms with Crippen LogP contribution in [0.5, 0.6) is 0 Å². The van der Waals surface area contributed by atoms with Crippen LogP contribution in [0.2, 0.25) is 0 Å². The van der Waals surface area contributed by atoms with Gasteiger partial charge in [-0.1, -0.05) is 15.9 Å². The van der Waals surface area contributed by atoms with Gasteiger partial charge in [-0.2, -0.15) is 11.8 Å². The van der Waals surface area contributed by atoms with Gasteiger partial charge in [-0.05, 0) is 20.1 Å². The topological polar surface area (TPSA) is 20.3 Å². The average Bonchev–Trinajstić information content (AvgIpc) is 2.12. The first-order valence-electron chi connectivity index (χ1n) is 4.27. The van der Waals surface area contributed by atoms with Gasteiger partial charge in [0, 0.05) is 30.1 Å². The molecule has 0 aliphatic rings. The molecule has 0 fully saturated rings. The van der Waals surface area contributed by atoms with Gasteiger partial charge < -0.3 is 4.90 Å². The maximum absolute atomic E-state index is 11.6. The molecule has 4 heteroatoms. The largest absolute Gasteiger partial charge is 0.340 e. The van der Waals surface area contributed by atoms with E-state index in [1.165, 1.54) is 0 Å². The molecule has 0 spiro atoms. The van der Waals surface area contributed by atoms with E-state index in [2.05, 4.69) is 29.8 Å². The lowest BCUT2D eigenvalue weighted by molar-refractivity contribution is -0.133. The van der Waals surface area contributed by atoms with Crippen molar-refractivity contribution in [1.29, 1.82) is 0 Å². The molecule has 0 radical (unpaired) electrons. The van der Waals surface area contributed by atoms with Crippen molar-refractivity contribution in [2.24, 2.45) is 0 Å². The summed E-state index contributed by atoms with van der Waals surface area (Å²) in [5.74, 6) is 1.13. The molecule has 0 aliphatic heterocycles. The van der Waals surface area contributed by atoms with Crippen molar-refractivity contribution in [2.75, 3.05) is 24.4 Å². The van der Waals surface area contributed by atoms with Crippen LogP contribution in [-0.4, -0.2) is 40.7 Å². The van der Waals surface area contributed by atoms with E-state index >= 15 is 0 Å². The van der Waals surface area contributed by atoms with Gasteiger partial charge in [0.2, 0.25) is 5.91 Å². The van der Waals surface area contributed by atoms with Gasteiger partial charge in [0.15, 0.2) is 0 Å². The van der Waals surface area contributed by atoms with Crippen LogP contribution in [0.3, 0.4) is 0 Å². The van der Waals surface area contributed by atoms with Crippen LogP contribution in [0.25, 0.3) is 0 Å². The molecule has 0 atom stereocenters. The van der Waals surface area contributed by atoms with E-state index in [4.69, 9.17) is 0 Å². The Hall–Kier alpha value is 0.300. The summed E-state index contributed by atoms with van der Waals surface area (Å²) in [7, 11) is 1.86. The molecule has 0 aromatic rings. The third-order valence-corrected chi connectivity index (χ3v) is 4.11. The molecule has 0 saturated heterocycles. The Labute approximate surface area is 93.6 Å². The number of rotatable bonds is 5. The fourth-order valence-electron chi connectivity index (χ4n) is 0.784. The van der Waals surface area contributed by atoms with E-state index < -0.39 is 0 Å². The van der Waals surface area contributed by atoms with E-state index in [1.54, 1.807) is 11.8 Å². The highest BCUT2D eigenvalue weighted by Gasteiger charge is 2.25. The summed E-state index contributed by atoms with van der Waals surface area (Å²) < 4.78 is 0. The number of halogens is 1. The minimum Gasteiger partial charge on any atom is -0.340 e. The summed E-state index contributed by atoms with van der Waals surface area (Å²) >= 11 is 5.12. The molecular formula is C9H18BrNOS. The lowest BCUT2D eigenvalue weighted by Crippen LogP contribution is -2.46. The number of nitrogens with zero attached hydrogens (tertiary/aromatic N) is 1. The molecule has 0 bridgehead atoms. The standard InChI is InChI=1S/C9H18BrNOS/c1-9(2,7-10)11(3)8(12)5-6-13-4/h5-7H2,1-4H3. The Balaban J connectivity index is 4.09. The van der Waals surface area contributed by atoms with Gasteiger partial charge >= 0.3 is 0 Å². The normalized spacial score (nSPS) is 11.5. The first-order chi connectivity index (χ1) is 5.95. The van der Waals surface area contributed by atoms with Crippen molar-refractivity contribution >= 4 is 33.6 Å². The number of alkyl halides is 1. The van der Waals surface area contributed by atoms with E-state index in [-0.39, 0.29) is 11.4 Å². The van der Waals surface area contributed by atoms with Crippen LogP contribution < -0.4 is 0 Å². The third kappa shape index (κ3) is 4.36. The van der Waals surface area contributed by atoms with E-state index in [9.17, 15) is 4.79 Å². The molecular weight excluding hydrogens is 250 g/mol. The Morgan fingerprint density at radius 2 is 2.08 bits per heavy atom. The summed E-state index contributed by atoms with van der Waals surface area (Å²) in [6, 6.07) is 0. The zero-order valence-electron chi connectivity index (χ0n) is 8.76. The first-order valence-corrected chi connectivity index (χ1v) is 6.79. The summed E-state index contributed by atoms with van der Waals surface area (Å²) in [5.41, 5.74) is -0.0878. The highest BCUT2D eigenvalue weighted by atomic mass is 79.9. The number of hydrogen-bond acceptors (Lipinski definition) is 2. The summed E-state index contributed by atoms with van der Waals surface area (Å²) in [4.78, 5) is 13.4. The van der Waals surface area contributed by atoms with E-state index in [0.717, 1.165) is 11.1 Å². The van der Waals surface area contributed by atoms with Gasteiger partial charge in [-0.15, -0.1) is 0 Å². The highest BCUT2D eigenvalue weighted by molar-refractivity contribution is 9.09. The second kappa shape index (κ2) is 5.91. The number of hydrogen-bond donors (Lipinski definition) is 0. The Bertz CT molecular complexity index is 173. The average molecular weight is 268 g/mol. The van der Waals surface area contributed by atoms with Gasteiger partial charge in [0.1, 0.15) is 0 Å². The quantitative estimate of drug-likeness (QED) is 0.713. The van der Waals surface area contributed by atoms with Gasteiger partial charge in [0.05, 0.1) is 0 Å². The molecule has 0 aromatic heterocycles. The Kier molecular flexibility index (Phi) is 6.05. The number of carbonyl (C=O) groups is 1. The molecule has 0 saturated carbocycles.